The summed E-state index contributed by atoms with van der Waals surface area (Å²) in [5.74, 6) is 0.0194. The zero-order valence-electron chi connectivity index (χ0n) is 15.4. The van der Waals surface area contributed by atoms with Crippen molar-refractivity contribution in [3.8, 4) is 11.5 Å². The molecule has 8 heteroatoms. The largest absolute Gasteiger partial charge is 0.493 e. The monoisotopic (exact) mass is 421 g/mol. The maximum Gasteiger partial charge on any atom is 0.293 e. The molecular formula is C20H17ClFNO4S. The zero-order valence-corrected chi connectivity index (χ0v) is 17.0. The summed E-state index contributed by atoms with van der Waals surface area (Å²) in [7, 11) is 3.05. The molecule has 3 rings (SSSR count). The number of thioether (sulfide) groups is 1. The Kier molecular flexibility index (Phi) is 5.96. The van der Waals surface area contributed by atoms with E-state index in [0.717, 1.165) is 22.2 Å². The highest BCUT2D eigenvalue weighted by atomic mass is 35.5. The number of halogens is 2. The van der Waals surface area contributed by atoms with Crippen LogP contribution in [0.3, 0.4) is 0 Å². The van der Waals surface area contributed by atoms with Gasteiger partial charge in [-0.1, -0.05) is 17.7 Å². The van der Waals surface area contributed by atoms with Crippen molar-refractivity contribution in [2.45, 2.75) is 13.5 Å². The molecule has 1 aliphatic rings. The number of hydrogen-bond donors (Lipinski definition) is 0. The van der Waals surface area contributed by atoms with Crippen LogP contribution in [0.25, 0.3) is 6.08 Å². The van der Waals surface area contributed by atoms with Crippen molar-refractivity contribution in [1.29, 1.82) is 0 Å². The molecule has 0 atom stereocenters. The van der Waals surface area contributed by atoms with Gasteiger partial charge < -0.3 is 9.47 Å². The van der Waals surface area contributed by atoms with E-state index in [1.165, 1.54) is 32.4 Å². The predicted octanol–water partition coefficient (Wildman–Crippen LogP) is 5.04. The number of hydrogen-bond acceptors (Lipinski definition) is 5. The van der Waals surface area contributed by atoms with Crippen molar-refractivity contribution in [2.75, 3.05) is 14.2 Å². The Labute approximate surface area is 171 Å². The van der Waals surface area contributed by atoms with Gasteiger partial charge in [0.2, 0.25) is 0 Å². The average Bonchev–Trinajstić information content (AvgIpc) is 2.93. The fourth-order valence-corrected chi connectivity index (χ4v) is 3.82. The molecule has 0 unspecified atom stereocenters. The van der Waals surface area contributed by atoms with E-state index >= 15 is 0 Å². The number of carbonyl (C=O) groups is 2. The van der Waals surface area contributed by atoms with E-state index in [1.54, 1.807) is 18.2 Å². The first-order chi connectivity index (χ1) is 13.3. The van der Waals surface area contributed by atoms with Crippen molar-refractivity contribution in [2.24, 2.45) is 0 Å². The summed E-state index contributed by atoms with van der Waals surface area (Å²) in [6.07, 6.45) is 1.62. The van der Waals surface area contributed by atoms with Gasteiger partial charge in [-0.05, 0) is 60.2 Å². The standard InChI is InChI=1S/C20H17ClFNO4S/c1-11-7-16(26-2)17(27-3)8-12(11)9-18-19(24)23(20(25)28-18)10-13-14(21)5-4-6-15(13)22/h4-9H,10H2,1-3H3/b18-9-. The third kappa shape index (κ3) is 3.86. The first-order valence-electron chi connectivity index (χ1n) is 8.26. The van der Waals surface area contributed by atoms with Crippen LogP contribution >= 0.6 is 23.4 Å². The van der Waals surface area contributed by atoms with E-state index in [0.29, 0.717) is 17.1 Å². The van der Waals surface area contributed by atoms with Crippen molar-refractivity contribution in [3.05, 3.63) is 62.8 Å². The number of rotatable bonds is 5. The van der Waals surface area contributed by atoms with Crippen molar-refractivity contribution in [3.63, 3.8) is 0 Å². The second kappa shape index (κ2) is 8.24. The van der Waals surface area contributed by atoms with Gasteiger partial charge in [0.15, 0.2) is 11.5 Å². The minimum absolute atomic E-state index is 0.106. The number of benzene rings is 2. The molecule has 1 fully saturated rings. The molecule has 2 aromatic rings. The van der Waals surface area contributed by atoms with Gasteiger partial charge in [0.25, 0.3) is 11.1 Å². The van der Waals surface area contributed by atoms with Crippen LogP contribution in [0, 0.1) is 12.7 Å². The summed E-state index contributed by atoms with van der Waals surface area (Å²) in [5.41, 5.74) is 1.67. The summed E-state index contributed by atoms with van der Waals surface area (Å²) >= 11 is 6.82. The third-order valence-electron chi connectivity index (χ3n) is 4.31. The lowest BCUT2D eigenvalue weighted by Crippen LogP contribution is -2.28. The second-order valence-electron chi connectivity index (χ2n) is 6.03. The van der Waals surface area contributed by atoms with Crippen LogP contribution in [0.5, 0.6) is 11.5 Å². The topological polar surface area (TPSA) is 55.8 Å². The minimum Gasteiger partial charge on any atom is -0.493 e. The number of methoxy groups -OCH3 is 2. The molecule has 0 spiro atoms. The lowest BCUT2D eigenvalue weighted by atomic mass is 10.1. The Hall–Kier alpha value is -2.51. The molecule has 2 aromatic carbocycles. The molecule has 0 bridgehead atoms. The van der Waals surface area contributed by atoms with Gasteiger partial charge in [0.05, 0.1) is 25.7 Å². The lowest BCUT2D eigenvalue weighted by Gasteiger charge is -2.14. The normalized spacial score (nSPS) is 15.5. The van der Waals surface area contributed by atoms with Crippen molar-refractivity contribution < 1.29 is 23.5 Å². The first kappa shape index (κ1) is 20.2. The van der Waals surface area contributed by atoms with Gasteiger partial charge >= 0.3 is 0 Å². The Morgan fingerprint density at radius 1 is 1.18 bits per heavy atom. The molecule has 28 heavy (non-hydrogen) atoms. The second-order valence-corrected chi connectivity index (χ2v) is 7.43. The van der Waals surface area contributed by atoms with Gasteiger partial charge in [-0.15, -0.1) is 0 Å². The SMILES string of the molecule is COc1cc(C)c(/C=C2\SC(=O)N(Cc3c(F)cccc3Cl)C2=O)cc1OC. The van der Waals surface area contributed by atoms with Gasteiger partial charge in [0.1, 0.15) is 5.82 Å². The molecule has 1 heterocycles. The summed E-state index contributed by atoms with van der Waals surface area (Å²) in [5, 5.41) is -0.313. The van der Waals surface area contributed by atoms with Crippen molar-refractivity contribution >= 4 is 40.6 Å². The molecular weight excluding hydrogens is 405 g/mol. The van der Waals surface area contributed by atoms with Crippen LogP contribution in [0.2, 0.25) is 5.02 Å². The molecule has 0 radical (unpaired) electrons. The molecule has 1 aliphatic heterocycles. The Bertz CT molecular complexity index is 972. The van der Waals surface area contributed by atoms with E-state index in [9.17, 15) is 14.0 Å². The van der Waals surface area contributed by atoms with Gasteiger partial charge in [0, 0.05) is 10.6 Å². The van der Waals surface area contributed by atoms with E-state index in [-0.39, 0.29) is 22.0 Å². The van der Waals surface area contributed by atoms with E-state index < -0.39 is 17.0 Å². The summed E-state index contributed by atoms with van der Waals surface area (Å²) in [4.78, 5) is 26.3. The molecule has 0 saturated carbocycles. The molecule has 0 N–H and O–H groups in total. The van der Waals surface area contributed by atoms with Gasteiger partial charge in [-0.3, -0.25) is 14.5 Å². The Morgan fingerprint density at radius 3 is 2.50 bits per heavy atom. The quantitative estimate of drug-likeness (QED) is 0.633. The maximum atomic E-state index is 14.0. The zero-order chi connectivity index (χ0) is 20.4. The molecule has 146 valence electrons. The van der Waals surface area contributed by atoms with Gasteiger partial charge in [-0.2, -0.15) is 0 Å². The Balaban J connectivity index is 1.92. The fourth-order valence-electron chi connectivity index (χ4n) is 2.77. The smallest absolute Gasteiger partial charge is 0.293 e. The minimum atomic E-state index is -0.564. The van der Waals surface area contributed by atoms with Crippen LogP contribution in [0.4, 0.5) is 9.18 Å². The van der Waals surface area contributed by atoms with Crippen LogP contribution < -0.4 is 9.47 Å². The van der Waals surface area contributed by atoms with Crippen LogP contribution in [0.1, 0.15) is 16.7 Å². The summed E-state index contributed by atoms with van der Waals surface area (Å²) < 4.78 is 24.6. The Morgan fingerprint density at radius 2 is 1.86 bits per heavy atom. The molecule has 5 nitrogen and oxygen atoms in total. The lowest BCUT2D eigenvalue weighted by molar-refractivity contribution is -0.123. The van der Waals surface area contributed by atoms with E-state index in [1.807, 2.05) is 6.92 Å². The van der Waals surface area contributed by atoms with Crippen molar-refractivity contribution in [1.82, 2.24) is 4.90 Å². The fraction of sp³-hybridized carbons (Fsp3) is 0.200. The number of imide groups is 1. The number of aryl methyl sites for hydroxylation is 1. The molecule has 2 amide bonds. The summed E-state index contributed by atoms with van der Waals surface area (Å²) in [6.45, 7) is 1.63. The highest BCUT2D eigenvalue weighted by Crippen LogP contribution is 2.37. The van der Waals surface area contributed by atoms with Crippen LogP contribution in [0.15, 0.2) is 35.2 Å². The molecule has 0 aliphatic carbocycles. The number of carbonyl (C=O) groups excluding carboxylic acids is 2. The van der Waals surface area contributed by atoms with E-state index in [2.05, 4.69) is 0 Å². The van der Waals surface area contributed by atoms with Gasteiger partial charge in [-0.25, -0.2) is 4.39 Å². The van der Waals surface area contributed by atoms with Crippen LogP contribution in [-0.2, 0) is 11.3 Å². The van der Waals surface area contributed by atoms with E-state index in [4.69, 9.17) is 21.1 Å². The first-order valence-corrected chi connectivity index (χ1v) is 9.46. The highest BCUT2D eigenvalue weighted by Gasteiger charge is 2.36. The number of nitrogens with zero attached hydrogens (tertiary/aromatic N) is 1. The number of ether oxygens (including phenoxy) is 2. The highest BCUT2D eigenvalue weighted by molar-refractivity contribution is 8.18. The number of amides is 2. The maximum absolute atomic E-state index is 14.0. The third-order valence-corrected chi connectivity index (χ3v) is 5.57. The predicted molar refractivity (Wildman–Crippen MR) is 107 cm³/mol. The molecule has 1 saturated heterocycles. The average molecular weight is 422 g/mol. The summed E-state index contributed by atoms with van der Waals surface area (Å²) in [6, 6.07) is 7.74. The molecule has 0 aromatic heterocycles. The van der Waals surface area contributed by atoms with Crippen LogP contribution in [-0.4, -0.2) is 30.3 Å².